The summed E-state index contributed by atoms with van der Waals surface area (Å²) >= 11 is 5.88. The maximum Gasteiger partial charge on any atom is 0.161 e. The van der Waals surface area contributed by atoms with Crippen LogP contribution in [0.2, 0.25) is 5.02 Å². The van der Waals surface area contributed by atoms with Crippen LogP contribution in [0.25, 0.3) is 0 Å². The molecule has 0 aliphatic carbocycles. The smallest absolute Gasteiger partial charge is 0.161 e. The lowest BCUT2D eigenvalue weighted by Gasteiger charge is -2.09. The zero-order valence-electron chi connectivity index (χ0n) is 7.85. The average molecular weight is 199 g/mol. The van der Waals surface area contributed by atoms with Crippen LogP contribution in [0.15, 0.2) is 12.1 Å². The zero-order valence-corrected chi connectivity index (χ0v) is 8.61. The number of carbonyl (C=O) groups is 1. The first-order valence-corrected chi connectivity index (χ1v) is 4.29. The molecule has 0 saturated heterocycles. The Labute approximate surface area is 82.5 Å². The van der Waals surface area contributed by atoms with Crippen LogP contribution in [0.3, 0.4) is 0 Å². The minimum absolute atomic E-state index is 0.0404. The van der Waals surface area contributed by atoms with Crippen LogP contribution in [0.5, 0.6) is 5.75 Å². The molecule has 70 valence electrons. The van der Waals surface area contributed by atoms with E-state index in [1.807, 2.05) is 6.92 Å². The molecule has 0 fully saturated rings. The molecule has 0 N–H and O–H groups in total. The lowest BCUT2D eigenvalue weighted by atomic mass is 10.0. The van der Waals surface area contributed by atoms with Gasteiger partial charge >= 0.3 is 0 Å². The molecule has 3 heteroatoms. The Balaban J connectivity index is 3.38. The standard InChI is InChI=1S/C10H11ClO2/c1-6-9(13-3)5-4-8(11)10(6)7(2)12/h4-5H,1-3H3. The van der Waals surface area contributed by atoms with Gasteiger partial charge in [0.1, 0.15) is 5.75 Å². The lowest BCUT2D eigenvalue weighted by Crippen LogP contribution is -1.99. The van der Waals surface area contributed by atoms with Crippen molar-refractivity contribution in [2.75, 3.05) is 7.11 Å². The second kappa shape index (κ2) is 3.79. The van der Waals surface area contributed by atoms with Crippen molar-refractivity contribution >= 4 is 17.4 Å². The lowest BCUT2D eigenvalue weighted by molar-refractivity contribution is 0.101. The molecule has 0 spiro atoms. The first-order valence-electron chi connectivity index (χ1n) is 3.92. The van der Waals surface area contributed by atoms with Crippen LogP contribution in [0, 0.1) is 6.92 Å². The highest BCUT2D eigenvalue weighted by Gasteiger charge is 2.12. The Morgan fingerprint density at radius 1 is 1.46 bits per heavy atom. The number of hydrogen-bond donors (Lipinski definition) is 0. The molecule has 0 amide bonds. The molecule has 0 bridgehead atoms. The van der Waals surface area contributed by atoms with E-state index in [9.17, 15) is 4.79 Å². The van der Waals surface area contributed by atoms with Gasteiger partial charge in [0, 0.05) is 11.1 Å². The van der Waals surface area contributed by atoms with Crippen molar-refractivity contribution in [1.29, 1.82) is 0 Å². The van der Waals surface area contributed by atoms with Crippen LogP contribution in [-0.2, 0) is 0 Å². The highest BCUT2D eigenvalue weighted by molar-refractivity contribution is 6.34. The maximum atomic E-state index is 11.2. The van der Waals surface area contributed by atoms with Crippen LogP contribution in [0.1, 0.15) is 22.8 Å². The predicted octanol–water partition coefficient (Wildman–Crippen LogP) is 2.86. The summed E-state index contributed by atoms with van der Waals surface area (Å²) < 4.78 is 5.08. The minimum Gasteiger partial charge on any atom is -0.496 e. The van der Waals surface area contributed by atoms with E-state index in [2.05, 4.69) is 0 Å². The van der Waals surface area contributed by atoms with Crippen molar-refractivity contribution in [2.45, 2.75) is 13.8 Å². The molecule has 0 unspecified atom stereocenters. The Kier molecular flexibility index (Phi) is 2.94. The van der Waals surface area contributed by atoms with E-state index >= 15 is 0 Å². The Morgan fingerprint density at radius 3 is 2.54 bits per heavy atom. The Hall–Kier alpha value is -1.02. The van der Waals surface area contributed by atoms with Crippen molar-refractivity contribution in [1.82, 2.24) is 0 Å². The molecule has 0 heterocycles. The predicted molar refractivity (Wildman–Crippen MR) is 52.7 cm³/mol. The van der Waals surface area contributed by atoms with Gasteiger partial charge in [-0.25, -0.2) is 0 Å². The van der Waals surface area contributed by atoms with Crippen molar-refractivity contribution in [3.8, 4) is 5.75 Å². The van der Waals surface area contributed by atoms with E-state index in [1.54, 1.807) is 19.2 Å². The number of carbonyl (C=O) groups excluding carboxylic acids is 1. The zero-order chi connectivity index (χ0) is 10.0. The van der Waals surface area contributed by atoms with Crippen molar-refractivity contribution < 1.29 is 9.53 Å². The molecule has 2 nitrogen and oxygen atoms in total. The number of hydrogen-bond acceptors (Lipinski definition) is 2. The molecular formula is C10H11ClO2. The monoisotopic (exact) mass is 198 g/mol. The topological polar surface area (TPSA) is 26.3 Å². The van der Waals surface area contributed by atoms with E-state index in [0.717, 1.165) is 5.56 Å². The fourth-order valence-electron chi connectivity index (χ4n) is 1.31. The first kappa shape index (κ1) is 10.1. The second-order valence-corrected chi connectivity index (χ2v) is 3.21. The van der Waals surface area contributed by atoms with Gasteiger partial charge < -0.3 is 4.74 Å². The maximum absolute atomic E-state index is 11.2. The first-order chi connectivity index (χ1) is 6.07. The molecule has 1 aromatic carbocycles. The van der Waals surface area contributed by atoms with Crippen molar-refractivity contribution in [2.24, 2.45) is 0 Å². The third kappa shape index (κ3) is 1.83. The van der Waals surface area contributed by atoms with Gasteiger partial charge in [0.25, 0.3) is 0 Å². The van der Waals surface area contributed by atoms with Crippen molar-refractivity contribution in [3.05, 3.63) is 28.3 Å². The highest BCUT2D eigenvalue weighted by atomic mass is 35.5. The molecule has 0 saturated carbocycles. The number of methoxy groups -OCH3 is 1. The van der Waals surface area contributed by atoms with Gasteiger partial charge in [-0.15, -0.1) is 0 Å². The second-order valence-electron chi connectivity index (χ2n) is 2.81. The molecule has 0 aromatic heterocycles. The van der Waals surface area contributed by atoms with Gasteiger partial charge in [0.15, 0.2) is 5.78 Å². The molecule has 1 rings (SSSR count). The van der Waals surface area contributed by atoms with Gasteiger partial charge in [-0.2, -0.15) is 0 Å². The number of Topliss-reactive ketones (excluding diaryl/α,β-unsaturated/α-hetero) is 1. The Morgan fingerprint density at radius 2 is 2.08 bits per heavy atom. The van der Waals surface area contributed by atoms with Crippen LogP contribution >= 0.6 is 11.6 Å². The van der Waals surface area contributed by atoms with Crippen LogP contribution < -0.4 is 4.74 Å². The van der Waals surface area contributed by atoms with Gasteiger partial charge in [0.05, 0.1) is 12.1 Å². The number of rotatable bonds is 2. The van der Waals surface area contributed by atoms with E-state index < -0.39 is 0 Å². The van der Waals surface area contributed by atoms with Crippen LogP contribution in [-0.4, -0.2) is 12.9 Å². The van der Waals surface area contributed by atoms with E-state index in [4.69, 9.17) is 16.3 Å². The van der Waals surface area contributed by atoms with E-state index in [-0.39, 0.29) is 5.78 Å². The summed E-state index contributed by atoms with van der Waals surface area (Å²) in [6.07, 6.45) is 0. The molecular weight excluding hydrogens is 188 g/mol. The summed E-state index contributed by atoms with van der Waals surface area (Å²) in [6.45, 7) is 3.31. The number of ketones is 1. The third-order valence-corrected chi connectivity index (χ3v) is 2.25. The molecule has 0 aliphatic rings. The Bertz CT molecular complexity index is 345. The summed E-state index contributed by atoms with van der Waals surface area (Å²) in [5.41, 5.74) is 1.34. The quantitative estimate of drug-likeness (QED) is 0.684. The summed E-state index contributed by atoms with van der Waals surface area (Å²) in [6, 6.07) is 3.42. The van der Waals surface area contributed by atoms with Gasteiger partial charge in [-0.3, -0.25) is 4.79 Å². The summed E-state index contributed by atoms with van der Waals surface area (Å²) in [4.78, 5) is 11.2. The fourth-order valence-corrected chi connectivity index (χ4v) is 1.65. The van der Waals surface area contributed by atoms with Gasteiger partial charge in [-0.05, 0) is 26.0 Å². The number of benzene rings is 1. The fraction of sp³-hybridized carbons (Fsp3) is 0.300. The summed E-state index contributed by atoms with van der Waals surface area (Å²) in [5.74, 6) is 0.649. The highest BCUT2D eigenvalue weighted by Crippen LogP contribution is 2.27. The SMILES string of the molecule is COc1ccc(Cl)c(C(C)=O)c1C. The summed E-state index contributed by atoms with van der Waals surface area (Å²) in [5, 5.41) is 0.478. The third-order valence-electron chi connectivity index (χ3n) is 1.94. The molecule has 0 atom stereocenters. The van der Waals surface area contributed by atoms with Gasteiger partial charge in [-0.1, -0.05) is 11.6 Å². The van der Waals surface area contributed by atoms with Crippen LogP contribution in [0.4, 0.5) is 0 Å². The minimum atomic E-state index is -0.0404. The van der Waals surface area contributed by atoms with Gasteiger partial charge in [0.2, 0.25) is 0 Å². The van der Waals surface area contributed by atoms with E-state index in [0.29, 0.717) is 16.3 Å². The number of halogens is 1. The molecule has 0 radical (unpaired) electrons. The average Bonchev–Trinajstić information content (AvgIpc) is 2.04. The number of ether oxygens (including phenoxy) is 1. The normalized spacial score (nSPS) is 9.85. The molecule has 13 heavy (non-hydrogen) atoms. The van der Waals surface area contributed by atoms with E-state index in [1.165, 1.54) is 6.92 Å². The largest absolute Gasteiger partial charge is 0.496 e. The molecule has 0 aliphatic heterocycles. The molecule has 1 aromatic rings. The summed E-state index contributed by atoms with van der Waals surface area (Å²) in [7, 11) is 1.57. The van der Waals surface area contributed by atoms with Crippen molar-refractivity contribution in [3.63, 3.8) is 0 Å².